The Kier molecular flexibility index (Phi) is 8.00. The van der Waals surface area contributed by atoms with Gasteiger partial charge in [0.25, 0.3) is 5.91 Å². The van der Waals surface area contributed by atoms with Crippen LogP contribution in [0.5, 0.6) is 11.5 Å². The first-order valence-electron chi connectivity index (χ1n) is 10.1. The topological polar surface area (TPSA) is 71.3 Å². The second-order valence-corrected chi connectivity index (χ2v) is 8.13. The average molecular weight is 481 g/mol. The Morgan fingerprint density at radius 2 is 1.88 bits per heavy atom. The summed E-state index contributed by atoms with van der Waals surface area (Å²) in [5.41, 5.74) is 3.97. The van der Waals surface area contributed by atoms with Crippen LogP contribution in [0.3, 0.4) is 0 Å². The molecule has 0 bridgehead atoms. The summed E-state index contributed by atoms with van der Waals surface area (Å²) in [6.45, 7) is 4.08. The molecule has 0 atom stereocenters. The monoisotopic (exact) mass is 480 g/mol. The molecule has 0 unspecified atom stereocenters. The molecule has 1 amide bonds. The molecule has 7 heteroatoms. The molecule has 0 aliphatic carbocycles. The number of carbonyl (C=O) groups is 1. The highest BCUT2D eigenvalue weighted by Gasteiger charge is 2.14. The van der Waals surface area contributed by atoms with Crippen molar-refractivity contribution in [3.8, 4) is 17.6 Å². The van der Waals surface area contributed by atoms with Crippen molar-refractivity contribution in [1.82, 2.24) is 0 Å². The van der Waals surface area contributed by atoms with Crippen LogP contribution in [0.15, 0.2) is 60.2 Å². The molecule has 0 aliphatic rings. The van der Waals surface area contributed by atoms with Gasteiger partial charge >= 0.3 is 0 Å². The van der Waals surface area contributed by atoms with Gasteiger partial charge in [-0.05, 0) is 66.9 Å². The molecule has 0 saturated heterocycles. The molecule has 0 spiro atoms. The lowest BCUT2D eigenvalue weighted by Gasteiger charge is -2.13. The van der Waals surface area contributed by atoms with Crippen LogP contribution in [0.1, 0.15) is 22.3 Å². The molecule has 0 fully saturated rings. The van der Waals surface area contributed by atoms with Crippen molar-refractivity contribution in [1.29, 1.82) is 5.26 Å². The van der Waals surface area contributed by atoms with Crippen molar-refractivity contribution in [2.24, 2.45) is 0 Å². The highest BCUT2D eigenvalue weighted by atomic mass is 35.5. The molecular formula is C26H22Cl2N2O3. The van der Waals surface area contributed by atoms with E-state index in [0.29, 0.717) is 32.8 Å². The zero-order valence-corrected chi connectivity index (χ0v) is 19.9. The molecule has 0 saturated carbocycles. The third-order valence-corrected chi connectivity index (χ3v) is 5.86. The van der Waals surface area contributed by atoms with Crippen molar-refractivity contribution in [2.45, 2.75) is 20.5 Å². The first-order chi connectivity index (χ1) is 15.8. The van der Waals surface area contributed by atoms with Crippen LogP contribution in [-0.2, 0) is 11.4 Å². The summed E-state index contributed by atoms with van der Waals surface area (Å²) in [5, 5.41) is 13.3. The number of methoxy groups -OCH3 is 1. The summed E-state index contributed by atoms with van der Waals surface area (Å²) in [4.78, 5) is 12.8. The number of hydrogen-bond donors (Lipinski definition) is 1. The van der Waals surface area contributed by atoms with Crippen LogP contribution in [0, 0.1) is 25.2 Å². The minimum absolute atomic E-state index is 0.0551. The second-order valence-electron chi connectivity index (χ2n) is 7.31. The Labute approximate surface area is 203 Å². The molecule has 0 heterocycles. The Balaban J connectivity index is 1.88. The predicted molar refractivity (Wildman–Crippen MR) is 132 cm³/mol. The van der Waals surface area contributed by atoms with Crippen LogP contribution in [0.2, 0.25) is 10.0 Å². The Morgan fingerprint density at radius 3 is 2.58 bits per heavy atom. The molecule has 1 N–H and O–H groups in total. The SMILES string of the molecule is COc1ccc(/C=C(\C#N)C(=O)Nc2cccc(C)c2C)c(OCc2ccc(Cl)c(Cl)c2)c1. The van der Waals surface area contributed by atoms with Crippen molar-refractivity contribution in [3.63, 3.8) is 0 Å². The van der Waals surface area contributed by atoms with Gasteiger partial charge in [-0.2, -0.15) is 5.26 Å². The third-order valence-electron chi connectivity index (χ3n) is 5.12. The van der Waals surface area contributed by atoms with E-state index >= 15 is 0 Å². The Hall–Kier alpha value is -3.46. The minimum atomic E-state index is -0.502. The Bertz CT molecular complexity index is 1260. The molecular weight excluding hydrogens is 459 g/mol. The molecule has 3 rings (SSSR count). The quantitative estimate of drug-likeness (QED) is 0.300. The van der Waals surface area contributed by atoms with Crippen molar-refractivity contribution in [2.75, 3.05) is 12.4 Å². The lowest BCUT2D eigenvalue weighted by atomic mass is 10.1. The van der Waals surface area contributed by atoms with Crippen LogP contribution in [-0.4, -0.2) is 13.0 Å². The number of hydrogen-bond acceptors (Lipinski definition) is 4. The molecule has 0 aromatic heterocycles. The van der Waals surface area contributed by atoms with Crippen molar-refractivity contribution >= 4 is 40.9 Å². The Morgan fingerprint density at radius 1 is 1.09 bits per heavy atom. The van der Waals surface area contributed by atoms with E-state index in [9.17, 15) is 10.1 Å². The van der Waals surface area contributed by atoms with Crippen LogP contribution >= 0.6 is 23.2 Å². The van der Waals surface area contributed by atoms with Gasteiger partial charge in [-0.25, -0.2) is 0 Å². The number of benzene rings is 3. The molecule has 3 aromatic rings. The number of halogens is 2. The number of nitriles is 1. The highest BCUT2D eigenvalue weighted by molar-refractivity contribution is 6.42. The summed E-state index contributed by atoms with van der Waals surface area (Å²) < 4.78 is 11.3. The van der Waals surface area contributed by atoms with E-state index in [4.69, 9.17) is 32.7 Å². The standard InChI is InChI=1S/C26H22Cl2N2O3/c1-16-5-4-6-24(17(16)2)30-26(31)20(14-29)12-19-8-9-21(32-3)13-25(19)33-15-18-7-10-22(27)23(28)11-18/h4-13H,15H2,1-3H3,(H,30,31)/b20-12+. The number of aryl methyl sites for hydroxylation is 1. The van der Waals surface area contributed by atoms with E-state index in [-0.39, 0.29) is 12.2 Å². The summed E-state index contributed by atoms with van der Waals surface area (Å²) in [6.07, 6.45) is 1.49. The maximum absolute atomic E-state index is 12.8. The van der Waals surface area contributed by atoms with Gasteiger partial charge < -0.3 is 14.8 Å². The maximum Gasteiger partial charge on any atom is 0.266 e. The van der Waals surface area contributed by atoms with E-state index in [2.05, 4.69) is 5.32 Å². The van der Waals surface area contributed by atoms with Gasteiger partial charge in [-0.1, -0.05) is 41.4 Å². The lowest BCUT2D eigenvalue weighted by molar-refractivity contribution is -0.112. The van der Waals surface area contributed by atoms with Crippen LogP contribution < -0.4 is 14.8 Å². The zero-order chi connectivity index (χ0) is 24.0. The average Bonchev–Trinajstić information content (AvgIpc) is 2.81. The van der Waals surface area contributed by atoms with Gasteiger partial charge in [0, 0.05) is 17.3 Å². The van der Waals surface area contributed by atoms with E-state index < -0.39 is 5.91 Å². The van der Waals surface area contributed by atoms with Gasteiger partial charge in [0.15, 0.2) is 0 Å². The number of rotatable bonds is 7. The third kappa shape index (κ3) is 6.07. The van der Waals surface area contributed by atoms with E-state index in [1.165, 1.54) is 6.08 Å². The molecule has 5 nitrogen and oxygen atoms in total. The highest BCUT2D eigenvalue weighted by Crippen LogP contribution is 2.29. The molecule has 3 aromatic carbocycles. The normalized spacial score (nSPS) is 11.0. The van der Waals surface area contributed by atoms with E-state index in [1.54, 1.807) is 43.5 Å². The lowest BCUT2D eigenvalue weighted by Crippen LogP contribution is -2.14. The number of amides is 1. The molecule has 168 valence electrons. The minimum Gasteiger partial charge on any atom is -0.497 e. The number of ether oxygens (including phenoxy) is 2. The first kappa shape index (κ1) is 24.2. The summed E-state index contributed by atoms with van der Waals surface area (Å²) in [5.74, 6) is 0.528. The fraction of sp³-hybridized carbons (Fsp3) is 0.154. The summed E-state index contributed by atoms with van der Waals surface area (Å²) >= 11 is 12.1. The second kappa shape index (κ2) is 10.9. The van der Waals surface area contributed by atoms with Crippen LogP contribution in [0.25, 0.3) is 6.08 Å². The van der Waals surface area contributed by atoms with E-state index in [0.717, 1.165) is 16.7 Å². The van der Waals surface area contributed by atoms with Crippen LogP contribution in [0.4, 0.5) is 5.69 Å². The van der Waals surface area contributed by atoms with Gasteiger partial charge in [-0.15, -0.1) is 0 Å². The maximum atomic E-state index is 12.8. The van der Waals surface area contributed by atoms with Crippen molar-refractivity contribution in [3.05, 3.63) is 92.5 Å². The first-order valence-corrected chi connectivity index (χ1v) is 10.8. The molecule has 0 aliphatic heterocycles. The summed E-state index contributed by atoms with van der Waals surface area (Å²) in [6, 6.07) is 18.0. The molecule has 33 heavy (non-hydrogen) atoms. The van der Waals surface area contributed by atoms with Gasteiger partial charge in [0.05, 0.1) is 17.2 Å². The number of nitrogens with one attached hydrogen (secondary N) is 1. The number of anilines is 1. The predicted octanol–water partition coefficient (Wildman–Crippen LogP) is 6.74. The smallest absolute Gasteiger partial charge is 0.266 e. The van der Waals surface area contributed by atoms with Gasteiger partial charge in [0.1, 0.15) is 29.7 Å². The van der Waals surface area contributed by atoms with Gasteiger partial charge in [0.2, 0.25) is 0 Å². The fourth-order valence-electron chi connectivity index (χ4n) is 3.06. The van der Waals surface area contributed by atoms with Crippen molar-refractivity contribution < 1.29 is 14.3 Å². The number of nitrogens with zero attached hydrogens (tertiary/aromatic N) is 1. The summed E-state index contributed by atoms with van der Waals surface area (Å²) in [7, 11) is 1.55. The van der Waals surface area contributed by atoms with Gasteiger partial charge in [-0.3, -0.25) is 4.79 Å². The fourth-order valence-corrected chi connectivity index (χ4v) is 3.38. The van der Waals surface area contributed by atoms with E-state index in [1.807, 2.05) is 38.1 Å². The molecule has 0 radical (unpaired) electrons. The number of carbonyl (C=O) groups excluding carboxylic acids is 1. The zero-order valence-electron chi connectivity index (χ0n) is 18.4. The largest absolute Gasteiger partial charge is 0.497 e.